The molecule has 1 atom stereocenters. The Bertz CT molecular complexity index is 310. The number of anilines is 1. The molecular weight excluding hydrogens is 176 g/mol. The van der Waals surface area contributed by atoms with E-state index in [0.29, 0.717) is 6.04 Å². The van der Waals surface area contributed by atoms with Gasteiger partial charge >= 0.3 is 0 Å². The second-order valence-electron chi connectivity index (χ2n) is 3.64. The standard InChI is InChI=1S/C11H18N2O/c1-8(13(2)3)10-7-9(12)5-6-11(10)14-4/h5-8H,12H2,1-4H3. The van der Waals surface area contributed by atoms with Crippen LogP contribution in [0.5, 0.6) is 5.75 Å². The van der Waals surface area contributed by atoms with Crippen molar-refractivity contribution in [2.45, 2.75) is 13.0 Å². The fraction of sp³-hybridized carbons (Fsp3) is 0.455. The van der Waals surface area contributed by atoms with Crippen LogP contribution >= 0.6 is 0 Å². The molecule has 0 spiro atoms. The van der Waals surface area contributed by atoms with Crippen molar-refractivity contribution in [3.05, 3.63) is 23.8 Å². The minimum Gasteiger partial charge on any atom is -0.496 e. The summed E-state index contributed by atoms with van der Waals surface area (Å²) in [6, 6.07) is 6.02. The molecule has 0 aliphatic heterocycles. The first-order chi connectivity index (χ1) is 6.56. The molecule has 0 saturated carbocycles. The first-order valence-electron chi connectivity index (χ1n) is 4.66. The largest absolute Gasteiger partial charge is 0.496 e. The molecule has 3 heteroatoms. The van der Waals surface area contributed by atoms with E-state index in [0.717, 1.165) is 17.0 Å². The Morgan fingerprint density at radius 3 is 2.50 bits per heavy atom. The fourth-order valence-electron chi connectivity index (χ4n) is 1.36. The summed E-state index contributed by atoms with van der Waals surface area (Å²) in [5, 5.41) is 0. The van der Waals surface area contributed by atoms with Gasteiger partial charge in [0.05, 0.1) is 7.11 Å². The van der Waals surface area contributed by atoms with Gasteiger partial charge in [-0.2, -0.15) is 0 Å². The molecule has 0 bridgehead atoms. The molecule has 0 radical (unpaired) electrons. The lowest BCUT2D eigenvalue weighted by atomic mass is 10.1. The van der Waals surface area contributed by atoms with Gasteiger partial charge in [0.1, 0.15) is 5.75 Å². The number of ether oxygens (including phenoxy) is 1. The number of nitrogens with two attached hydrogens (primary N) is 1. The molecule has 14 heavy (non-hydrogen) atoms. The number of nitrogen functional groups attached to an aromatic ring is 1. The van der Waals surface area contributed by atoms with Gasteiger partial charge in [-0.05, 0) is 39.2 Å². The number of hydrogen-bond acceptors (Lipinski definition) is 3. The first-order valence-corrected chi connectivity index (χ1v) is 4.66. The molecule has 0 aliphatic rings. The predicted octanol–water partition coefficient (Wildman–Crippen LogP) is 1.90. The highest BCUT2D eigenvalue weighted by atomic mass is 16.5. The van der Waals surface area contributed by atoms with Crippen molar-refractivity contribution in [1.82, 2.24) is 4.90 Å². The van der Waals surface area contributed by atoms with Crippen LogP contribution < -0.4 is 10.5 Å². The summed E-state index contributed by atoms with van der Waals surface area (Å²) in [4.78, 5) is 2.12. The smallest absolute Gasteiger partial charge is 0.123 e. The average molecular weight is 194 g/mol. The zero-order valence-electron chi connectivity index (χ0n) is 9.24. The summed E-state index contributed by atoms with van der Waals surface area (Å²) in [5.74, 6) is 0.889. The maximum Gasteiger partial charge on any atom is 0.123 e. The van der Waals surface area contributed by atoms with Crippen molar-refractivity contribution in [2.75, 3.05) is 26.9 Å². The van der Waals surface area contributed by atoms with Gasteiger partial charge < -0.3 is 15.4 Å². The van der Waals surface area contributed by atoms with E-state index in [4.69, 9.17) is 10.5 Å². The predicted molar refractivity (Wildman–Crippen MR) is 59.5 cm³/mol. The second-order valence-corrected chi connectivity index (χ2v) is 3.64. The summed E-state index contributed by atoms with van der Waals surface area (Å²) < 4.78 is 5.29. The van der Waals surface area contributed by atoms with Crippen molar-refractivity contribution in [3.63, 3.8) is 0 Å². The van der Waals surface area contributed by atoms with Gasteiger partial charge in [0.25, 0.3) is 0 Å². The lowest BCUT2D eigenvalue weighted by Gasteiger charge is -2.22. The fourth-order valence-corrected chi connectivity index (χ4v) is 1.36. The Balaban J connectivity index is 3.10. The number of methoxy groups -OCH3 is 1. The van der Waals surface area contributed by atoms with Crippen LogP contribution in [0.4, 0.5) is 5.69 Å². The number of nitrogens with zero attached hydrogens (tertiary/aromatic N) is 1. The van der Waals surface area contributed by atoms with Gasteiger partial charge in [0, 0.05) is 17.3 Å². The number of rotatable bonds is 3. The van der Waals surface area contributed by atoms with Crippen molar-refractivity contribution in [3.8, 4) is 5.75 Å². The molecule has 3 nitrogen and oxygen atoms in total. The van der Waals surface area contributed by atoms with Gasteiger partial charge in [0.2, 0.25) is 0 Å². The molecule has 1 rings (SSSR count). The molecular formula is C11H18N2O. The van der Waals surface area contributed by atoms with E-state index < -0.39 is 0 Å². The average Bonchev–Trinajstić information content (AvgIpc) is 2.16. The Hall–Kier alpha value is -1.22. The van der Waals surface area contributed by atoms with Gasteiger partial charge in [-0.25, -0.2) is 0 Å². The third kappa shape index (κ3) is 2.17. The van der Waals surface area contributed by atoms with E-state index in [-0.39, 0.29) is 0 Å². The van der Waals surface area contributed by atoms with Crippen molar-refractivity contribution in [1.29, 1.82) is 0 Å². The Morgan fingerprint density at radius 1 is 1.36 bits per heavy atom. The minimum atomic E-state index is 0.299. The van der Waals surface area contributed by atoms with E-state index in [2.05, 4.69) is 11.8 Å². The molecule has 0 fully saturated rings. The Morgan fingerprint density at radius 2 is 2.00 bits per heavy atom. The van der Waals surface area contributed by atoms with Crippen molar-refractivity contribution >= 4 is 5.69 Å². The quantitative estimate of drug-likeness (QED) is 0.747. The van der Waals surface area contributed by atoms with Crippen molar-refractivity contribution < 1.29 is 4.74 Å². The summed E-state index contributed by atoms with van der Waals surface area (Å²) in [6.07, 6.45) is 0. The van der Waals surface area contributed by atoms with Crippen LogP contribution in [-0.2, 0) is 0 Å². The van der Waals surface area contributed by atoms with Gasteiger partial charge in [0.15, 0.2) is 0 Å². The lowest BCUT2D eigenvalue weighted by Crippen LogP contribution is -2.17. The van der Waals surface area contributed by atoms with E-state index >= 15 is 0 Å². The van der Waals surface area contributed by atoms with Crippen LogP contribution in [0.3, 0.4) is 0 Å². The summed E-state index contributed by atoms with van der Waals surface area (Å²) in [5.41, 5.74) is 7.64. The van der Waals surface area contributed by atoms with Crippen LogP contribution in [0.25, 0.3) is 0 Å². The van der Waals surface area contributed by atoms with Crippen LogP contribution in [0.15, 0.2) is 18.2 Å². The van der Waals surface area contributed by atoms with Crippen LogP contribution in [0, 0.1) is 0 Å². The first kappa shape index (κ1) is 10.9. The highest BCUT2D eigenvalue weighted by Crippen LogP contribution is 2.29. The second kappa shape index (κ2) is 4.33. The molecule has 1 aromatic carbocycles. The van der Waals surface area contributed by atoms with Gasteiger partial charge in [-0.15, -0.1) is 0 Å². The zero-order valence-corrected chi connectivity index (χ0v) is 9.24. The molecule has 78 valence electrons. The molecule has 0 amide bonds. The highest BCUT2D eigenvalue weighted by Gasteiger charge is 2.13. The van der Waals surface area contributed by atoms with Crippen LogP contribution in [0.1, 0.15) is 18.5 Å². The summed E-state index contributed by atoms with van der Waals surface area (Å²) in [7, 11) is 5.75. The Labute approximate surface area is 85.5 Å². The maximum atomic E-state index is 5.75. The minimum absolute atomic E-state index is 0.299. The maximum absolute atomic E-state index is 5.75. The number of hydrogen-bond donors (Lipinski definition) is 1. The normalized spacial score (nSPS) is 12.9. The van der Waals surface area contributed by atoms with Gasteiger partial charge in [-0.1, -0.05) is 0 Å². The number of benzene rings is 1. The topological polar surface area (TPSA) is 38.5 Å². The molecule has 0 heterocycles. The molecule has 0 saturated heterocycles. The molecule has 0 aliphatic carbocycles. The van der Waals surface area contributed by atoms with E-state index in [9.17, 15) is 0 Å². The van der Waals surface area contributed by atoms with E-state index in [1.807, 2.05) is 32.3 Å². The highest BCUT2D eigenvalue weighted by molar-refractivity contribution is 5.49. The van der Waals surface area contributed by atoms with Crippen molar-refractivity contribution in [2.24, 2.45) is 0 Å². The molecule has 0 aromatic heterocycles. The van der Waals surface area contributed by atoms with Crippen LogP contribution in [0.2, 0.25) is 0 Å². The van der Waals surface area contributed by atoms with E-state index in [1.165, 1.54) is 0 Å². The van der Waals surface area contributed by atoms with Gasteiger partial charge in [-0.3, -0.25) is 0 Å². The molecule has 1 aromatic rings. The Kier molecular flexibility index (Phi) is 3.36. The molecule has 1 unspecified atom stereocenters. The summed E-state index contributed by atoms with van der Waals surface area (Å²) >= 11 is 0. The SMILES string of the molecule is COc1ccc(N)cc1C(C)N(C)C. The third-order valence-electron chi connectivity index (χ3n) is 2.48. The molecule has 2 N–H and O–H groups in total. The zero-order chi connectivity index (χ0) is 10.7. The van der Waals surface area contributed by atoms with Crippen LogP contribution in [-0.4, -0.2) is 26.1 Å². The lowest BCUT2D eigenvalue weighted by molar-refractivity contribution is 0.308. The van der Waals surface area contributed by atoms with E-state index in [1.54, 1.807) is 7.11 Å². The third-order valence-corrected chi connectivity index (χ3v) is 2.48. The summed E-state index contributed by atoms with van der Waals surface area (Å²) in [6.45, 7) is 2.12. The monoisotopic (exact) mass is 194 g/mol.